The summed E-state index contributed by atoms with van der Waals surface area (Å²) in [5.41, 5.74) is 25.6. The Kier molecular flexibility index (Phi) is 14.2. The van der Waals surface area contributed by atoms with Crippen molar-refractivity contribution in [1.29, 1.82) is 0 Å². The average molecular weight is 407 g/mol. The Morgan fingerprint density at radius 2 is 1.50 bits per heavy atom. The highest BCUT2D eigenvalue weighted by atomic mass is 16.6. The molecule has 0 saturated carbocycles. The van der Waals surface area contributed by atoms with Crippen molar-refractivity contribution < 1.29 is 38.6 Å². The van der Waals surface area contributed by atoms with Crippen LogP contribution in [0.25, 0.3) is 0 Å². The standard InChI is InChI=1S/C8H15N3O5.C7H14N2O3/c9-4(1-2-6(11)12)8(15)16-3-5(10)7(13)14;1-4(2)6(9)7(11)12-5(10)3-8/h4-5H,1-3,9-10H2,(H2,11,12)(H,13,14);4,6H,3,8-9H2,1-2H3/t4-,5-;6-/m00/s1. The zero-order valence-electron chi connectivity index (χ0n) is 15.8. The monoisotopic (exact) mass is 407 g/mol. The lowest BCUT2D eigenvalue weighted by Crippen LogP contribution is -2.39. The molecule has 162 valence electrons. The quantitative estimate of drug-likeness (QED) is 0.152. The Morgan fingerprint density at radius 1 is 0.964 bits per heavy atom. The SMILES string of the molecule is CC(C)[C@H](N)C(=O)OC(=O)CN.NC(=O)CC[C@H](N)C(=O)OC[C@H](N)C(=O)O. The highest BCUT2D eigenvalue weighted by Crippen LogP contribution is 2.00. The number of aliphatic carboxylic acids is 1. The number of nitrogens with two attached hydrogens (primary N) is 5. The van der Waals surface area contributed by atoms with Crippen molar-refractivity contribution in [1.82, 2.24) is 0 Å². The van der Waals surface area contributed by atoms with Crippen LogP contribution in [0.3, 0.4) is 0 Å². The van der Waals surface area contributed by atoms with E-state index in [2.05, 4.69) is 9.47 Å². The van der Waals surface area contributed by atoms with Crippen molar-refractivity contribution in [2.24, 2.45) is 34.6 Å². The third-order valence-corrected chi connectivity index (χ3v) is 3.10. The maximum Gasteiger partial charge on any atom is 0.330 e. The van der Waals surface area contributed by atoms with E-state index in [9.17, 15) is 24.0 Å². The van der Waals surface area contributed by atoms with Crippen LogP contribution in [0.4, 0.5) is 0 Å². The lowest BCUT2D eigenvalue weighted by atomic mass is 10.1. The van der Waals surface area contributed by atoms with Crippen molar-refractivity contribution in [3.8, 4) is 0 Å². The second kappa shape index (κ2) is 14.4. The Morgan fingerprint density at radius 3 is 1.89 bits per heavy atom. The topological polar surface area (TPSA) is 254 Å². The highest BCUT2D eigenvalue weighted by molar-refractivity contribution is 5.89. The maximum atomic E-state index is 11.1. The van der Waals surface area contributed by atoms with Gasteiger partial charge < -0.3 is 43.2 Å². The highest BCUT2D eigenvalue weighted by Gasteiger charge is 2.21. The van der Waals surface area contributed by atoms with Crippen LogP contribution in [0.2, 0.25) is 0 Å². The maximum absolute atomic E-state index is 11.1. The molecule has 0 aliphatic heterocycles. The third kappa shape index (κ3) is 13.6. The molecular weight excluding hydrogens is 378 g/mol. The van der Waals surface area contributed by atoms with Gasteiger partial charge in [0, 0.05) is 6.42 Å². The lowest BCUT2D eigenvalue weighted by Gasteiger charge is -2.12. The fourth-order valence-corrected chi connectivity index (χ4v) is 1.26. The van der Waals surface area contributed by atoms with Gasteiger partial charge in [0.05, 0.1) is 6.54 Å². The molecule has 0 aliphatic carbocycles. The first-order valence-corrected chi connectivity index (χ1v) is 8.22. The van der Waals surface area contributed by atoms with Crippen LogP contribution in [0.1, 0.15) is 26.7 Å². The van der Waals surface area contributed by atoms with E-state index in [1.807, 2.05) is 0 Å². The van der Waals surface area contributed by atoms with E-state index >= 15 is 0 Å². The minimum Gasteiger partial charge on any atom is -0.480 e. The fourth-order valence-electron chi connectivity index (χ4n) is 1.26. The number of hydrogen-bond donors (Lipinski definition) is 6. The summed E-state index contributed by atoms with van der Waals surface area (Å²) in [6, 6.07) is -3.05. The zero-order chi connectivity index (χ0) is 22.4. The van der Waals surface area contributed by atoms with Crippen LogP contribution in [-0.4, -0.2) is 66.2 Å². The van der Waals surface area contributed by atoms with Crippen molar-refractivity contribution in [3.05, 3.63) is 0 Å². The number of carbonyl (C=O) groups excluding carboxylic acids is 4. The number of carboxylic acids is 1. The molecule has 0 aliphatic rings. The molecule has 0 saturated heterocycles. The van der Waals surface area contributed by atoms with Gasteiger partial charge in [-0.3, -0.25) is 19.2 Å². The first-order valence-electron chi connectivity index (χ1n) is 8.22. The van der Waals surface area contributed by atoms with Gasteiger partial charge in [-0.2, -0.15) is 0 Å². The summed E-state index contributed by atoms with van der Waals surface area (Å²) in [5, 5.41) is 8.40. The van der Waals surface area contributed by atoms with E-state index in [4.69, 9.17) is 33.8 Å². The number of carbonyl (C=O) groups is 5. The van der Waals surface area contributed by atoms with Gasteiger partial charge in [0.25, 0.3) is 0 Å². The molecule has 13 heteroatoms. The largest absolute Gasteiger partial charge is 0.480 e. The smallest absolute Gasteiger partial charge is 0.330 e. The summed E-state index contributed by atoms with van der Waals surface area (Å²) >= 11 is 0. The van der Waals surface area contributed by atoms with Crippen LogP contribution in [0, 0.1) is 5.92 Å². The fraction of sp³-hybridized carbons (Fsp3) is 0.667. The number of esters is 3. The molecule has 1 amide bonds. The molecular formula is C15H29N5O8. The van der Waals surface area contributed by atoms with E-state index in [-0.39, 0.29) is 25.3 Å². The molecule has 3 atom stereocenters. The molecule has 0 bridgehead atoms. The number of hydrogen-bond acceptors (Lipinski definition) is 11. The van der Waals surface area contributed by atoms with E-state index in [1.54, 1.807) is 13.8 Å². The second-order valence-corrected chi connectivity index (χ2v) is 5.95. The molecule has 0 aromatic carbocycles. The summed E-state index contributed by atoms with van der Waals surface area (Å²) in [6.45, 7) is 2.76. The van der Waals surface area contributed by atoms with Crippen molar-refractivity contribution in [2.75, 3.05) is 13.2 Å². The molecule has 11 N–H and O–H groups in total. The van der Waals surface area contributed by atoms with E-state index < -0.39 is 54.5 Å². The number of carboxylic acid groups (broad SMARTS) is 1. The molecule has 0 rings (SSSR count). The van der Waals surface area contributed by atoms with Crippen molar-refractivity contribution >= 4 is 29.8 Å². The molecule has 0 aromatic heterocycles. The van der Waals surface area contributed by atoms with Gasteiger partial charge in [-0.15, -0.1) is 0 Å². The summed E-state index contributed by atoms with van der Waals surface area (Å²) in [4.78, 5) is 53.3. The second-order valence-electron chi connectivity index (χ2n) is 5.95. The Balaban J connectivity index is 0. The Labute approximate surface area is 161 Å². The number of ether oxygens (including phenoxy) is 2. The van der Waals surface area contributed by atoms with Crippen molar-refractivity contribution in [2.45, 2.75) is 44.8 Å². The number of rotatable bonds is 10. The molecule has 0 spiro atoms. The van der Waals surface area contributed by atoms with Gasteiger partial charge in [0.1, 0.15) is 24.7 Å². The molecule has 0 heterocycles. The molecule has 0 radical (unpaired) electrons. The number of primary amides is 1. The minimum absolute atomic E-state index is 0.0404. The van der Waals surface area contributed by atoms with Crippen LogP contribution in [-0.2, 0) is 33.4 Å². The lowest BCUT2D eigenvalue weighted by molar-refractivity contribution is -0.160. The predicted molar refractivity (Wildman–Crippen MR) is 95.9 cm³/mol. The van der Waals surface area contributed by atoms with Crippen LogP contribution in [0.5, 0.6) is 0 Å². The molecule has 28 heavy (non-hydrogen) atoms. The Bertz CT molecular complexity index is 555. The van der Waals surface area contributed by atoms with Crippen LogP contribution >= 0.6 is 0 Å². The zero-order valence-corrected chi connectivity index (χ0v) is 15.8. The first-order chi connectivity index (χ1) is 12.8. The van der Waals surface area contributed by atoms with E-state index in [0.717, 1.165) is 0 Å². The summed E-state index contributed by atoms with van der Waals surface area (Å²) < 4.78 is 8.83. The first kappa shape index (κ1) is 27.6. The summed E-state index contributed by atoms with van der Waals surface area (Å²) in [6.07, 6.45) is 0.0116. The van der Waals surface area contributed by atoms with Gasteiger partial charge in [-0.1, -0.05) is 13.8 Å². The normalized spacial score (nSPS) is 13.4. The third-order valence-electron chi connectivity index (χ3n) is 3.10. The molecule has 0 unspecified atom stereocenters. The van der Waals surface area contributed by atoms with Gasteiger partial charge in [0.2, 0.25) is 5.91 Å². The van der Waals surface area contributed by atoms with Gasteiger partial charge >= 0.3 is 23.9 Å². The average Bonchev–Trinajstić information content (AvgIpc) is 2.62. The molecule has 0 aromatic rings. The predicted octanol–water partition coefficient (Wildman–Crippen LogP) is -3.47. The Hall–Kier alpha value is -2.61. The van der Waals surface area contributed by atoms with Crippen LogP contribution < -0.4 is 28.7 Å². The number of amides is 1. The van der Waals surface area contributed by atoms with E-state index in [1.165, 1.54) is 0 Å². The summed E-state index contributed by atoms with van der Waals surface area (Å²) in [7, 11) is 0. The minimum atomic E-state index is -1.28. The van der Waals surface area contributed by atoms with Crippen LogP contribution in [0.15, 0.2) is 0 Å². The van der Waals surface area contributed by atoms with E-state index in [0.29, 0.717) is 0 Å². The summed E-state index contributed by atoms with van der Waals surface area (Å²) in [5.74, 6) is -4.19. The molecule has 13 nitrogen and oxygen atoms in total. The van der Waals surface area contributed by atoms with Gasteiger partial charge in [-0.25, -0.2) is 4.79 Å². The van der Waals surface area contributed by atoms with Gasteiger partial charge in [0.15, 0.2) is 0 Å². The van der Waals surface area contributed by atoms with Gasteiger partial charge in [-0.05, 0) is 12.3 Å². The van der Waals surface area contributed by atoms with Crippen molar-refractivity contribution in [3.63, 3.8) is 0 Å². The molecule has 0 fully saturated rings.